The molecule has 0 atom stereocenters. The summed E-state index contributed by atoms with van der Waals surface area (Å²) in [6, 6.07) is 19.8. The van der Waals surface area contributed by atoms with E-state index in [1.54, 1.807) is 12.1 Å². The van der Waals surface area contributed by atoms with Crippen LogP contribution in [0.5, 0.6) is 0 Å². The van der Waals surface area contributed by atoms with Gasteiger partial charge in [-0.15, -0.1) is 0 Å². The zero-order valence-corrected chi connectivity index (χ0v) is 17.5. The Balaban J connectivity index is 1.64. The quantitative estimate of drug-likeness (QED) is 0.367. The molecule has 150 valence electrons. The molecule has 0 aliphatic heterocycles. The van der Waals surface area contributed by atoms with Gasteiger partial charge < -0.3 is 13.9 Å². The highest BCUT2D eigenvalue weighted by Crippen LogP contribution is 2.27. The van der Waals surface area contributed by atoms with Crippen LogP contribution >= 0.6 is 15.9 Å². The molecule has 6 nitrogen and oxygen atoms in total. The Labute approximate surface area is 180 Å². The Kier molecular flexibility index (Phi) is 5.63. The Bertz CT molecular complexity index is 1250. The van der Waals surface area contributed by atoms with Crippen molar-refractivity contribution in [3.8, 4) is 11.3 Å². The normalized spacial score (nSPS) is 10.7. The molecule has 0 spiro atoms. The van der Waals surface area contributed by atoms with Gasteiger partial charge in [-0.25, -0.2) is 14.6 Å². The van der Waals surface area contributed by atoms with E-state index in [0.717, 1.165) is 10.0 Å². The van der Waals surface area contributed by atoms with Crippen LogP contribution in [0.2, 0.25) is 0 Å². The molecule has 0 amide bonds. The smallest absolute Gasteiger partial charge is 0.373 e. The van der Waals surface area contributed by atoms with E-state index in [1.807, 2.05) is 48.5 Å². The van der Waals surface area contributed by atoms with Crippen molar-refractivity contribution >= 4 is 38.8 Å². The lowest BCUT2D eigenvalue weighted by molar-refractivity contribution is 0.0440. The maximum atomic E-state index is 12.9. The monoisotopic (exact) mass is 465 g/mol. The second-order valence-corrected chi connectivity index (χ2v) is 7.33. The highest BCUT2D eigenvalue weighted by molar-refractivity contribution is 9.10. The number of benzene rings is 2. The van der Waals surface area contributed by atoms with E-state index in [-0.39, 0.29) is 12.4 Å². The zero-order chi connectivity index (χ0) is 21.1. The van der Waals surface area contributed by atoms with Crippen molar-refractivity contribution < 1.29 is 23.5 Å². The first-order chi connectivity index (χ1) is 14.5. The van der Waals surface area contributed by atoms with Gasteiger partial charge >= 0.3 is 11.9 Å². The molecule has 7 heteroatoms. The lowest BCUT2D eigenvalue weighted by Crippen LogP contribution is -2.07. The van der Waals surface area contributed by atoms with Gasteiger partial charge in [0.25, 0.3) is 0 Å². The summed E-state index contributed by atoms with van der Waals surface area (Å²) in [7, 11) is 1.27. The largest absolute Gasteiger partial charge is 0.463 e. The molecule has 2 heterocycles. The number of carbonyl (C=O) groups is 2. The summed E-state index contributed by atoms with van der Waals surface area (Å²) >= 11 is 3.46. The summed E-state index contributed by atoms with van der Waals surface area (Å²) in [5, 5.41) is 0.691. The summed E-state index contributed by atoms with van der Waals surface area (Å²) in [4.78, 5) is 29.1. The van der Waals surface area contributed by atoms with Crippen molar-refractivity contribution in [3.05, 3.63) is 88.3 Å². The number of furan rings is 1. The third-order valence-electron chi connectivity index (χ3n) is 4.45. The minimum absolute atomic E-state index is 0.0508. The summed E-state index contributed by atoms with van der Waals surface area (Å²) in [6.07, 6.45) is 0. The van der Waals surface area contributed by atoms with Gasteiger partial charge in [0.05, 0.1) is 23.9 Å². The average Bonchev–Trinajstić information content (AvgIpc) is 3.25. The third-order valence-corrected chi connectivity index (χ3v) is 4.94. The molecular weight excluding hydrogens is 450 g/mol. The Morgan fingerprint density at radius 2 is 1.83 bits per heavy atom. The van der Waals surface area contributed by atoms with E-state index in [2.05, 4.69) is 25.7 Å². The number of methoxy groups -OCH3 is 1. The first-order valence-corrected chi connectivity index (χ1v) is 9.84. The van der Waals surface area contributed by atoms with E-state index in [1.165, 1.54) is 13.2 Å². The van der Waals surface area contributed by atoms with Gasteiger partial charge in [0, 0.05) is 15.4 Å². The van der Waals surface area contributed by atoms with Crippen LogP contribution in [0.4, 0.5) is 0 Å². The predicted molar refractivity (Wildman–Crippen MR) is 114 cm³/mol. The van der Waals surface area contributed by atoms with Crippen LogP contribution in [0.25, 0.3) is 22.2 Å². The lowest BCUT2D eigenvalue weighted by atomic mass is 10.0. The molecule has 0 radical (unpaired) electrons. The van der Waals surface area contributed by atoms with Gasteiger partial charge in [-0.05, 0) is 36.4 Å². The van der Waals surface area contributed by atoms with Crippen molar-refractivity contribution in [1.82, 2.24) is 4.98 Å². The molecule has 30 heavy (non-hydrogen) atoms. The van der Waals surface area contributed by atoms with Gasteiger partial charge in [0.1, 0.15) is 12.4 Å². The van der Waals surface area contributed by atoms with Gasteiger partial charge in [0.2, 0.25) is 5.76 Å². The average molecular weight is 466 g/mol. The van der Waals surface area contributed by atoms with Gasteiger partial charge in [-0.2, -0.15) is 0 Å². The first-order valence-electron chi connectivity index (χ1n) is 9.05. The highest BCUT2D eigenvalue weighted by Gasteiger charge is 2.17. The first kappa shape index (κ1) is 19.8. The fraction of sp³-hybridized carbons (Fsp3) is 0.0870. The summed E-state index contributed by atoms with van der Waals surface area (Å²) in [5.74, 6) is -0.712. The summed E-state index contributed by atoms with van der Waals surface area (Å²) < 4.78 is 16.3. The highest BCUT2D eigenvalue weighted by atomic mass is 79.9. The van der Waals surface area contributed by atoms with E-state index < -0.39 is 11.9 Å². The van der Waals surface area contributed by atoms with Crippen LogP contribution in [-0.4, -0.2) is 24.0 Å². The molecule has 0 aliphatic rings. The van der Waals surface area contributed by atoms with Crippen molar-refractivity contribution in [3.63, 3.8) is 0 Å². The summed E-state index contributed by atoms with van der Waals surface area (Å²) in [5.41, 5.74) is 2.62. The number of pyridine rings is 1. The van der Waals surface area contributed by atoms with E-state index in [9.17, 15) is 9.59 Å². The Morgan fingerprint density at radius 3 is 2.63 bits per heavy atom. The third kappa shape index (κ3) is 4.11. The van der Waals surface area contributed by atoms with Crippen LogP contribution in [0.3, 0.4) is 0 Å². The van der Waals surface area contributed by atoms with Gasteiger partial charge in [-0.1, -0.05) is 46.3 Å². The Hall–Kier alpha value is -3.45. The van der Waals surface area contributed by atoms with Crippen molar-refractivity contribution in [2.24, 2.45) is 0 Å². The van der Waals surface area contributed by atoms with E-state index in [0.29, 0.717) is 27.9 Å². The Morgan fingerprint density at radius 1 is 1.00 bits per heavy atom. The molecule has 0 aliphatic carbocycles. The lowest BCUT2D eigenvalue weighted by Gasteiger charge is -2.10. The number of aromatic nitrogens is 1. The number of hydrogen-bond acceptors (Lipinski definition) is 6. The summed E-state index contributed by atoms with van der Waals surface area (Å²) in [6.45, 7) is -0.112. The molecular formula is C23H16BrNO5. The number of ether oxygens (including phenoxy) is 2. The molecule has 0 N–H and O–H groups in total. The van der Waals surface area contributed by atoms with Crippen LogP contribution in [0.15, 0.2) is 75.6 Å². The van der Waals surface area contributed by atoms with Crippen LogP contribution in [0, 0.1) is 0 Å². The molecule has 4 aromatic rings. The number of fused-ring (bicyclic) bond motifs is 1. The fourth-order valence-corrected chi connectivity index (χ4v) is 3.42. The number of rotatable bonds is 5. The maximum Gasteiger partial charge on any atom is 0.373 e. The molecule has 0 fully saturated rings. The number of nitrogens with zero attached hydrogens (tertiary/aromatic N) is 1. The molecule has 0 saturated carbocycles. The van der Waals surface area contributed by atoms with Crippen LogP contribution < -0.4 is 0 Å². The van der Waals surface area contributed by atoms with E-state index >= 15 is 0 Å². The topological polar surface area (TPSA) is 78.6 Å². The SMILES string of the molecule is COC(=O)c1ccc(COC(=O)c2cc(-c3cccc(Br)c3)nc3ccccc23)o1. The molecule has 0 unspecified atom stereocenters. The van der Waals surface area contributed by atoms with Crippen LogP contribution in [0.1, 0.15) is 26.7 Å². The van der Waals surface area contributed by atoms with E-state index in [4.69, 9.17) is 9.15 Å². The maximum absolute atomic E-state index is 12.9. The molecule has 0 saturated heterocycles. The second-order valence-electron chi connectivity index (χ2n) is 6.42. The number of hydrogen-bond donors (Lipinski definition) is 0. The number of carbonyl (C=O) groups excluding carboxylic acids is 2. The zero-order valence-electron chi connectivity index (χ0n) is 15.9. The minimum atomic E-state index is -0.591. The predicted octanol–water partition coefficient (Wildman–Crippen LogP) is 5.40. The standard InChI is InChI=1S/C23H16BrNO5/c1-28-23(27)21-10-9-16(30-21)13-29-22(26)18-12-20(14-5-4-6-15(24)11-14)25-19-8-3-2-7-17(18)19/h2-12H,13H2,1H3. The van der Waals surface area contributed by atoms with Crippen LogP contribution in [-0.2, 0) is 16.1 Å². The van der Waals surface area contributed by atoms with Crippen molar-refractivity contribution in [2.45, 2.75) is 6.61 Å². The molecule has 4 rings (SSSR count). The number of para-hydroxylation sites is 1. The molecule has 2 aromatic carbocycles. The number of halogens is 1. The van der Waals surface area contributed by atoms with Gasteiger partial charge in [0.15, 0.2) is 0 Å². The fourth-order valence-electron chi connectivity index (χ4n) is 3.02. The number of esters is 2. The van der Waals surface area contributed by atoms with Crippen molar-refractivity contribution in [1.29, 1.82) is 0 Å². The van der Waals surface area contributed by atoms with Crippen molar-refractivity contribution in [2.75, 3.05) is 7.11 Å². The molecule has 2 aromatic heterocycles. The van der Waals surface area contributed by atoms with Gasteiger partial charge in [-0.3, -0.25) is 0 Å². The molecule has 0 bridgehead atoms. The minimum Gasteiger partial charge on any atom is -0.463 e. The second kappa shape index (κ2) is 8.51.